The predicted octanol–water partition coefficient (Wildman–Crippen LogP) is 2.42. The third kappa shape index (κ3) is 3.76. The molecule has 2 heterocycles. The molecule has 2 aromatic rings. The maximum Gasteiger partial charge on any atom is 0.267 e. The Kier molecular flexibility index (Phi) is 4.85. The predicted molar refractivity (Wildman–Crippen MR) is 91.1 cm³/mol. The SMILES string of the molecule is O=C(NCC1CCN(c2ccccc2F)C1)c1cc(=O)cc(Cl)[nH]1. The summed E-state index contributed by atoms with van der Waals surface area (Å²) in [5.74, 6) is -0.392. The van der Waals surface area contributed by atoms with Crippen LogP contribution < -0.4 is 15.6 Å². The van der Waals surface area contributed by atoms with E-state index in [1.807, 2.05) is 11.0 Å². The molecule has 1 aromatic carbocycles. The number of hydrogen-bond acceptors (Lipinski definition) is 3. The van der Waals surface area contributed by atoms with E-state index in [9.17, 15) is 14.0 Å². The van der Waals surface area contributed by atoms with Gasteiger partial charge in [-0.15, -0.1) is 0 Å². The molecule has 126 valence electrons. The molecule has 0 bridgehead atoms. The molecule has 0 saturated carbocycles. The van der Waals surface area contributed by atoms with Gasteiger partial charge in [-0.3, -0.25) is 9.59 Å². The van der Waals surface area contributed by atoms with E-state index in [1.54, 1.807) is 12.1 Å². The van der Waals surface area contributed by atoms with Gasteiger partial charge in [0.1, 0.15) is 16.7 Å². The molecule has 1 unspecified atom stereocenters. The van der Waals surface area contributed by atoms with E-state index in [2.05, 4.69) is 10.3 Å². The molecule has 24 heavy (non-hydrogen) atoms. The summed E-state index contributed by atoms with van der Waals surface area (Å²) < 4.78 is 13.8. The van der Waals surface area contributed by atoms with Gasteiger partial charge < -0.3 is 15.2 Å². The van der Waals surface area contributed by atoms with Gasteiger partial charge >= 0.3 is 0 Å². The third-order valence-corrected chi connectivity index (χ3v) is 4.29. The zero-order valence-electron chi connectivity index (χ0n) is 12.9. The minimum Gasteiger partial charge on any atom is -0.369 e. The lowest BCUT2D eigenvalue weighted by atomic mass is 10.1. The van der Waals surface area contributed by atoms with Gasteiger partial charge in [0.25, 0.3) is 5.91 Å². The highest BCUT2D eigenvalue weighted by molar-refractivity contribution is 6.29. The lowest BCUT2D eigenvalue weighted by molar-refractivity contribution is 0.0943. The molecular weight excluding hydrogens is 333 g/mol. The number of carbonyl (C=O) groups excluding carboxylic acids is 1. The van der Waals surface area contributed by atoms with Gasteiger partial charge in [0.05, 0.1) is 5.69 Å². The topological polar surface area (TPSA) is 65.2 Å². The second kappa shape index (κ2) is 7.05. The number of hydrogen-bond donors (Lipinski definition) is 2. The Bertz CT molecular complexity index is 808. The van der Waals surface area contributed by atoms with E-state index in [0.29, 0.717) is 18.8 Å². The quantitative estimate of drug-likeness (QED) is 0.833. The molecule has 1 aromatic heterocycles. The van der Waals surface area contributed by atoms with Gasteiger partial charge in [0.2, 0.25) is 0 Å². The van der Waals surface area contributed by atoms with Gasteiger partial charge in [-0.1, -0.05) is 23.7 Å². The Hall–Kier alpha value is -2.34. The maximum atomic E-state index is 13.8. The van der Waals surface area contributed by atoms with Crippen molar-refractivity contribution in [2.24, 2.45) is 5.92 Å². The van der Waals surface area contributed by atoms with Crippen molar-refractivity contribution in [2.75, 3.05) is 24.5 Å². The molecule has 0 aliphatic carbocycles. The maximum absolute atomic E-state index is 13.8. The average molecular weight is 350 g/mol. The zero-order chi connectivity index (χ0) is 17.1. The van der Waals surface area contributed by atoms with E-state index in [0.717, 1.165) is 13.0 Å². The van der Waals surface area contributed by atoms with Crippen LogP contribution in [-0.2, 0) is 0 Å². The number of halogens is 2. The van der Waals surface area contributed by atoms with Crippen LogP contribution in [0.1, 0.15) is 16.9 Å². The van der Waals surface area contributed by atoms with Crippen molar-refractivity contribution in [1.29, 1.82) is 0 Å². The fraction of sp³-hybridized carbons (Fsp3) is 0.294. The number of para-hydroxylation sites is 1. The van der Waals surface area contributed by atoms with Crippen LogP contribution in [0.5, 0.6) is 0 Å². The fourth-order valence-electron chi connectivity index (χ4n) is 2.89. The van der Waals surface area contributed by atoms with Crippen molar-refractivity contribution in [1.82, 2.24) is 10.3 Å². The van der Waals surface area contributed by atoms with Crippen molar-refractivity contribution in [2.45, 2.75) is 6.42 Å². The molecule has 0 spiro atoms. The first-order valence-electron chi connectivity index (χ1n) is 7.70. The van der Waals surface area contributed by atoms with Crippen molar-refractivity contribution in [3.8, 4) is 0 Å². The lowest BCUT2D eigenvalue weighted by Crippen LogP contribution is -2.32. The number of aromatic nitrogens is 1. The summed E-state index contributed by atoms with van der Waals surface area (Å²) in [6.45, 7) is 1.88. The Morgan fingerprint density at radius 3 is 2.92 bits per heavy atom. The number of nitrogens with one attached hydrogen (secondary N) is 2. The molecule has 1 aliphatic heterocycles. The van der Waals surface area contributed by atoms with Crippen LogP contribution in [0.3, 0.4) is 0 Å². The molecule has 1 aliphatic rings. The number of benzene rings is 1. The minimum atomic E-state index is -0.376. The fourth-order valence-corrected chi connectivity index (χ4v) is 3.10. The first-order chi connectivity index (χ1) is 11.5. The number of carbonyl (C=O) groups is 1. The summed E-state index contributed by atoms with van der Waals surface area (Å²) in [6.07, 6.45) is 0.862. The van der Waals surface area contributed by atoms with Crippen LogP contribution in [0, 0.1) is 11.7 Å². The Labute approximate surface area is 143 Å². The summed E-state index contributed by atoms with van der Waals surface area (Å²) in [5, 5.41) is 2.92. The largest absolute Gasteiger partial charge is 0.369 e. The molecule has 1 amide bonds. The summed E-state index contributed by atoms with van der Waals surface area (Å²) in [5.41, 5.74) is 0.400. The minimum absolute atomic E-state index is 0.124. The zero-order valence-corrected chi connectivity index (χ0v) is 13.6. The van der Waals surface area contributed by atoms with Crippen LogP contribution in [0.25, 0.3) is 0 Å². The summed E-state index contributed by atoms with van der Waals surface area (Å²) in [4.78, 5) is 28.1. The third-order valence-electron chi connectivity index (χ3n) is 4.08. The van der Waals surface area contributed by atoms with E-state index in [4.69, 9.17) is 11.6 Å². The molecule has 1 fully saturated rings. The first kappa shape index (κ1) is 16.5. The Morgan fingerprint density at radius 2 is 2.17 bits per heavy atom. The highest BCUT2D eigenvalue weighted by Crippen LogP contribution is 2.25. The van der Waals surface area contributed by atoms with Crippen LogP contribution in [0.15, 0.2) is 41.2 Å². The number of H-pyrrole nitrogens is 1. The molecule has 1 saturated heterocycles. The normalized spacial score (nSPS) is 17.1. The summed E-state index contributed by atoms with van der Waals surface area (Å²) >= 11 is 5.75. The summed E-state index contributed by atoms with van der Waals surface area (Å²) in [6, 6.07) is 9.09. The van der Waals surface area contributed by atoms with Gasteiger partial charge in [0, 0.05) is 31.8 Å². The van der Waals surface area contributed by atoms with Crippen molar-refractivity contribution >= 4 is 23.2 Å². The van der Waals surface area contributed by atoms with Crippen LogP contribution in [-0.4, -0.2) is 30.5 Å². The van der Waals surface area contributed by atoms with E-state index < -0.39 is 0 Å². The van der Waals surface area contributed by atoms with Gasteiger partial charge in [-0.05, 0) is 24.5 Å². The highest BCUT2D eigenvalue weighted by Gasteiger charge is 2.24. The molecule has 5 nitrogen and oxygen atoms in total. The highest BCUT2D eigenvalue weighted by atomic mass is 35.5. The van der Waals surface area contributed by atoms with Crippen molar-refractivity contribution in [3.05, 3.63) is 63.3 Å². The average Bonchev–Trinajstić information content (AvgIpc) is 3.01. The Balaban J connectivity index is 1.57. The van der Waals surface area contributed by atoms with Gasteiger partial charge in [-0.2, -0.15) is 0 Å². The standard InChI is InChI=1S/C17H17ClFN3O2/c18-16-8-12(23)7-14(21-16)17(24)20-9-11-5-6-22(10-11)15-4-2-1-3-13(15)19/h1-4,7-8,11H,5-6,9-10H2,(H,20,24)(H,21,23). The molecule has 0 radical (unpaired) electrons. The molecule has 1 atom stereocenters. The van der Waals surface area contributed by atoms with Crippen LogP contribution in [0.4, 0.5) is 10.1 Å². The van der Waals surface area contributed by atoms with E-state index in [1.165, 1.54) is 18.2 Å². The number of pyridine rings is 1. The molecular formula is C17H17ClFN3O2. The van der Waals surface area contributed by atoms with Crippen molar-refractivity contribution in [3.63, 3.8) is 0 Å². The smallest absolute Gasteiger partial charge is 0.267 e. The van der Waals surface area contributed by atoms with E-state index >= 15 is 0 Å². The van der Waals surface area contributed by atoms with E-state index in [-0.39, 0.29) is 33.9 Å². The van der Waals surface area contributed by atoms with Gasteiger partial charge in [0.15, 0.2) is 5.43 Å². The number of amides is 1. The first-order valence-corrected chi connectivity index (χ1v) is 8.08. The summed E-state index contributed by atoms with van der Waals surface area (Å²) in [7, 11) is 0. The molecule has 7 heteroatoms. The van der Waals surface area contributed by atoms with Gasteiger partial charge in [-0.25, -0.2) is 4.39 Å². The Morgan fingerprint density at radius 1 is 1.38 bits per heavy atom. The van der Waals surface area contributed by atoms with Crippen LogP contribution in [0.2, 0.25) is 5.15 Å². The molecule has 3 rings (SSSR count). The number of aromatic amines is 1. The second-order valence-electron chi connectivity index (χ2n) is 5.84. The second-order valence-corrected chi connectivity index (χ2v) is 6.25. The number of nitrogens with zero attached hydrogens (tertiary/aromatic N) is 1. The number of anilines is 1. The number of rotatable bonds is 4. The monoisotopic (exact) mass is 349 g/mol. The molecule has 2 N–H and O–H groups in total. The van der Waals surface area contributed by atoms with Crippen molar-refractivity contribution < 1.29 is 9.18 Å². The van der Waals surface area contributed by atoms with Crippen LogP contribution >= 0.6 is 11.6 Å². The lowest BCUT2D eigenvalue weighted by Gasteiger charge is -2.19.